The van der Waals surface area contributed by atoms with Crippen LogP contribution in [0.3, 0.4) is 0 Å². The van der Waals surface area contributed by atoms with Gasteiger partial charge in [0.05, 0.1) is 6.54 Å². The SMILES string of the molecule is CC=CC(=O)NC(=O)CN. The Morgan fingerprint density at radius 3 is 2.60 bits per heavy atom. The fraction of sp³-hybridized carbons (Fsp3) is 0.333. The van der Waals surface area contributed by atoms with Crippen molar-refractivity contribution in [2.24, 2.45) is 5.73 Å². The minimum absolute atomic E-state index is 0.163. The van der Waals surface area contributed by atoms with Crippen LogP contribution < -0.4 is 11.1 Å². The minimum atomic E-state index is -0.469. The van der Waals surface area contributed by atoms with Gasteiger partial charge in [-0.2, -0.15) is 0 Å². The number of carbonyl (C=O) groups is 2. The molecule has 0 atom stereocenters. The zero-order valence-electron chi connectivity index (χ0n) is 5.76. The molecule has 0 fully saturated rings. The highest BCUT2D eigenvalue weighted by molar-refractivity contribution is 6.01. The van der Waals surface area contributed by atoms with Gasteiger partial charge in [-0.05, 0) is 13.0 Å². The van der Waals surface area contributed by atoms with Gasteiger partial charge in [0.25, 0.3) is 0 Å². The Hall–Kier alpha value is -1.16. The molecule has 0 aliphatic carbocycles. The standard InChI is InChI=1S/C6H10N2O2/c1-2-3-5(9)8-6(10)4-7/h2-3H,4,7H2,1H3,(H,8,9,10). The molecular weight excluding hydrogens is 132 g/mol. The third-order valence-electron chi connectivity index (χ3n) is 0.766. The van der Waals surface area contributed by atoms with Crippen LogP contribution in [0.1, 0.15) is 6.92 Å². The van der Waals surface area contributed by atoms with E-state index in [1.165, 1.54) is 6.08 Å². The van der Waals surface area contributed by atoms with E-state index in [-0.39, 0.29) is 6.54 Å². The number of allylic oxidation sites excluding steroid dienone is 1. The Bertz CT molecular complexity index is 163. The van der Waals surface area contributed by atoms with Crippen molar-refractivity contribution in [1.82, 2.24) is 5.32 Å². The molecule has 0 aliphatic heterocycles. The molecule has 0 aliphatic rings. The normalized spacial score (nSPS) is 9.80. The maximum Gasteiger partial charge on any atom is 0.250 e. The Balaban J connectivity index is 3.68. The number of carbonyl (C=O) groups excluding carboxylic acids is 2. The summed E-state index contributed by atoms with van der Waals surface area (Å²) in [5.41, 5.74) is 4.93. The van der Waals surface area contributed by atoms with Gasteiger partial charge < -0.3 is 5.73 Å². The molecule has 2 amide bonds. The number of hydrogen-bond acceptors (Lipinski definition) is 3. The van der Waals surface area contributed by atoms with E-state index >= 15 is 0 Å². The first-order chi connectivity index (χ1) is 4.70. The quantitative estimate of drug-likeness (QED) is 0.494. The van der Waals surface area contributed by atoms with Crippen LogP contribution in [0.15, 0.2) is 12.2 Å². The zero-order valence-corrected chi connectivity index (χ0v) is 5.76. The minimum Gasteiger partial charge on any atom is -0.322 e. The van der Waals surface area contributed by atoms with Crippen LogP contribution >= 0.6 is 0 Å². The first-order valence-electron chi connectivity index (χ1n) is 2.87. The predicted octanol–water partition coefficient (Wildman–Crippen LogP) is -0.836. The summed E-state index contributed by atoms with van der Waals surface area (Å²) in [6, 6.07) is 0. The topological polar surface area (TPSA) is 72.2 Å². The van der Waals surface area contributed by atoms with Crippen LogP contribution in [0.2, 0.25) is 0 Å². The summed E-state index contributed by atoms with van der Waals surface area (Å²) < 4.78 is 0. The van der Waals surface area contributed by atoms with Crippen LogP contribution in [0, 0.1) is 0 Å². The van der Waals surface area contributed by atoms with Gasteiger partial charge >= 0.3 is 0 Å². The van der Waals surface area contributed by atoms with Crippen molar-refractivity contribution in [2.75, 3.05) is 6.54 Å². The van der Waals surface area contributed by atoms with Crippen molar-refractivity contribution in [3.63, 3.8) is 0 Å². The Labute approximate surface area is 59.1 Å². The first-order valence-corrected chi connectivity index (χ1v) is 2.87. The molecular formula is C6H10N2O2. The number of nitrogens with one attached hydrogen (secondary N) is 1. The van der Waals surface area contributed by atoms with E-state index in [0.717, 1.165) is 0 Å². The molecule has 0 saturated heterocycles. The second kappa shape index (κ2) is 4.69. The fourth-order valence-corrected chi connectivity index (χ4v) is 0.381. The summed E-state index contributed by atoms with van der Waals surface area (Å²) >= 11 is 0. The van der Waals surface area contributed by atoms with Crippen molar-refractivity contribution in [1.29, 1.82) is 0 Å². The van der Waals surface area contributed by atoms with Gasteiger partial charge in [-0.25, -0.2) is 0 Å². The molecule has 0 aromatic rings. The molecule has 0 bridgehead atoms. The van der Waals surface area contributed by atoms with E-state index in [1.54, 1.807) is 13.0 Å². The second-order valence-electron chi connectivity index (χ2n) is 1.62. The van der Waals surface area contributed by atoms with E-state index in [9.17, 15) is 9.59 Å². The third kappa shape index (κ3) is 3.80. The molecule has 56 valence electrons. The maximum atomic E-state index is 10.5. The highest BCUT2D eigenvalue weighted by Crippen LogP contribution is 1.70. The molecule has 0 aromatic carbocycles. The number of rotatable bonds is 2. The van der Waals surface area contributed by atoms with E-state index in [4.69, 9.17) is 5.73 Å². The number of amides is 2. The van der Waals surface area contributed by atoms with Gasteiger partial charge in [0.1, 0.15) is 0 Å². The van der Waals surface area contributed by atoms with Gasteiger partial charge in [0.15, 0.2) is 0 Å². The Morgan fingerprint density at radius 1 is 1.60 bits per heavy atom. The molecule has 0 radical (unpaired) electrons. The number of nitrogens with two attached hydrogens (primary N) is 1. The summed E-state index contributed by atoms with van der Waals surface area (Å²) in [6.45, 7) is 1.52. The number of imide groups is 1. The summed E-state index contributed by atoms with van der Waals surface area (Å²) in [5, 5.41) is 2.04. The van der Waals surface area contributed by atoms with E-state index in [1.807, 2.05) is 5.32 Å². The van der Waals surface area contributed by atoms with Crippen molar-refractivity contribution >= 4 is 11.8 Å². The maximum absolute atomic E-state index is 10.5. The predicted molar refractivity (Wildman–Crippen MR) is 37.0 cm³/mol. The lowest BCUT2D eigenvalue weighted by Crippen LogP contribution is -2.34. The molecule has 3 N–H and O–H groups in total. The lowest BCUT2D eigenvalue weighted by molar-refractivity contribution is -0.127. The lowest BCUT2D eigenvalue weighted by atomic mass is 10.5. The first kappa shape index (κ1) is 8.84. The van der Waals surface area contributed by atoms with Crippen LogP contribution in [0.4, 0.5) is 0 Å². The van der Waals surface area contributed by atoms with E-state index in [2.05, 4.69) is 0 Å². The van der Waals surface area contributed by atoms with Crippen LogP contribution in [0.25, 0.3) is 0 Å². The van der Waals surface area contributed by atoms with E-state index < -0.39 is 11.8 Å². The molecule has 0 saturated carbocycles. The summed E-state index contributed by atoms with van der Waals surface area (Å²) in [5.74, 6) is -0.902. The summed E-state index contributed by atoms with van der Waals surface area (Å²) in [4.78, 5) is 20.9. The highest BCUT2D eigenvalue weighted by Gasteiger charge is 1.99. The molecule has 10 heavy (non-hydrogen) atoms. The molecule has 0 spiro atoms. The largest absolute Gasteiger partial charge is 0.322 e. The Morgan fingerprint density at radius 2 is 2.20 bits per heavy atom. The van der Waals surface area contributed by atoms with E-state index in [0.29, 0.717) is 0 Å². The molecule has 0 rings (SSSR count). The monoisotopic (exact) mass is 142 g/mol. The van der Waals surface area contributed by atoms with Crippen molar-refractivity contribution in [3.05, 3.63) is 12.2 Å². The van der Waals surface area contributed by atoms with Gasteiger partial charge in [-0.1, -0.05) is 6.08 Å². The van der Waals surface area contributed by atoms with Crippen LogP contribution in [-0.4, -0.2) is 18.4 Å². The molecule has 4 nitrogen and oxygen atoms in total. The summed E-state index contributed by atoms with van der Waals surface area (Å²) in [7, 11) is 0. The molecule has 0 unspecified atom stereocenters. The second-order valence-corrected chi connectivity index (χ2v) is 1.62. The third-order valence-corrected chi connectivity index (χ3v) is 0.766. The lowest BCUT2D eigenvalue weighted by Gasteiger charge is -1.94. The van der Waals surface area contributed by atoms with Gasteiger partial charge in [-0.3, -0.25) is 14.9 Å². The van der Waals surface area contributed by atoms with Crippen LogP contribution in [0.5, 0.6) is 0 Å². The average molecular weight is 142 g/mol. The highest BCUT2D eigenvalue weighted by atomic mass is 16.2. The molecule has 4 heteroatoms. The van der Waals surface area contributed by atoms with Gasteiger partial charge in [0.2, 0.25) is 11.8 Å². The van der Waals surface area contributed by atoms with Crippen molar-refractivity contribution in [3.8, 4) is 0 Å². The van der Waals surface area contributed by atoms with Crippen molar-refractivity contribution in [2.45, 2.75) is 6.92 Å². The fourth-order valence-electron chi connectivity index (χ4n) is 0.381. The van der Waals surface area contributed by atoms with Gasteiger partial charge in [0, 0.05) is 0 Å². The zero-order chi connectivity index (χ0) is 7.98. The smallest absolute Gasteiger partial charge is 0.250 e. The molecule has 0 heterocycles. The van der Waals surface area contributed by atoms with Crippen LogP contribution in [-0.2, 0) is 9.59 Å². The molecule has 0 aromatic heterocycles. The van der Waals surface area contributed by atoms with Gasteiger partial charge in [-0.15, -0.1) is 0 Å². The Kier molecular flexibility index (Phi) is 4.15. The number of hydrogen-bond donors (Lipinski definition) is 2. The van der Waals surface area contributed by atoms with Crippen molar-refractivity contribution < 1.29 is 9.59 Å². The summed E-state index contributed by atoms with van der Waals surface area (Å²) in [6.07, 6.45) is 2.80. The average Bonchev–Trinajstić information content (AvgIpc) is 1.88.